The maximum atomic E-state index is 12.7. The van der Waals surface area contributed by atoms with Gasteiger partial charge in [0.15, 0.2) is 0 Å². The van der Waals surface area contributed by atoms with Crippen LogP contribution in [0.25, 0.3) is 0 Å². The SMILES string of the molecule is CC/C=C\C/C=C\C/C=C\C/C=C\C/C=C\CCCC(=O)OC(COCCCCCCCCCCCCCCCCCCCCCCCCC)COP(=O)([O-])OCC[N+](C)(C)C. The summed E-state index contributed by atoms with van der Waals surface area (Å²) in [6, 6.07) is 0. The molecule has 2 unspecified atom stereocenters. The summed E-state index contributed by atoms with van der Waals surface area (Å²) in [5.74, 6) is -0.388. The van der Waals surface area contributed by atoms with Crippen molar-refractivity contribution in [2.24, 2.45) is 0 Å². The average Bonchev–Trinajstić information content (AvgIpc) is 3.23. The van der Waals surface area contributed by atoms with Crippen molar-refractivity contribution in [1.29, 1.82) is 0 Å². The van der Waals surface area contributed by atoms with Gasteiger partial charge in [0.05, 0.1) is 34.4 Å². The third-order valence-corrected chi connectivity index (χ3v) is 11.8. The summed E-state index contributed by atoms with van der Waals surface area (Å²) in [7, 11) is 1.32. The summed E-state index contributed by atoms with van der Waals surface area (Å²) in [4.78, 5) is 25.1. The molecule has 362 valence electrons. The third kappa shape index (κ3) is 49.2. The summed E-state index contributed by atoms with van der Waals surface area (Å²) in [5.41, 5.74) is 0. The minimum Gasteiger partial charge on any atom is -0.756 e. The molecule has 0 bridgehead atoms. The lowest BCUT2D eigenvalue weighted by Gasteiger charge is -2.28. The molecule has 0 aromatic rings. The molecule has 0 aliphatic rings. The van der Waals surface area contributed by atoms with E-state index in [0.717, 1.165) is 51.4 Å². The number of esters is 1. The molecular formula is C53H98NO7P. The zero-order valence-electron chi connectivity index (χ0n) is 41.1. The van der Waals surface area contributed by atoms with Crippen molar-refractivity contribution in [3.8, 4) is 0 Å². The first kappa shape index (κ1) is 60.2. The number of quaternary nitrogens is 1. The Morgan fingerprint density at radius 3 is 1.34 bits per heavy atom. The molecular weight excluding hydrogens is 794 g/mol. The second kappa shape index (κ2) is 45.8. The van der Waals surface area contributed by atoms with E-state index in [1.807, 2.05) is 21.1 Å². The third-order valence-electron chi connectivity index (χ3n) is 10.8. The number of carbonyl (C=O) groups excluding carboxylic acids is 1. The van der Waals surface area contributed by atoms with Crippen molar-refractivity contribution in [2.45, 2.75) is 219 Å². The van der Waals surface area contributed by atoms with Crippen LogP contribution in [0.1, 0.15) is 213 Å². The zero-order chi connectivity index (χ0) is 45.5. The molecule has 0 N–H and O–H groups in total. The fraction of sp³-hybridized carbons (Fsp3) is 0.792. The molecule has 8 nitrogen and oxygen atoms in total. The van der Waals surface area contributed by atoms with Gasteiger partial charge < -0.3 is 27.9 Å². The van der Waals surface area contributed by atoms with Gasteiger partial charge in [-0.3, -0.25) is 9.36 Å². The Kier molecular flexibility index (Phi) is 44.4. The standard InChI is InChI=1S/C53H98NO7P/c1-6-8-10-12-14-16-18-20-22-24-25-26-27-28-29-31-33-35-37-39-41-43-45-48-58-50-52(51-60-62(56,57)59-49-47-54(3,4)5)61-53(55)46-44-42-40-38-36-34-32-30-23-21-19-17-15-13-11-9-7-2/h9,11,15,17,21,23,32,34,38,40,52H,6-8,10,12-14,16,18-20,22,24-31,33,35-37,39,41-51H2,1-5H3/b11-9-,17-15-,23-21-,34-32-,40-38-. The van der Waals surface area contributed by atoms with Crippen LogP contribution in [0.15, 0.2) is 60.8 Å². The van der Waals surface area contributed by atoms with E-state index in [9.17, 15) is 14.3 Å². The van der Waals surface area contributed by atoms with Crippen LogP contribution < -0.4 is 4.89 Å². The number of rotatable bonds is 47. The van der Waals surface area contributed by atoms with Gasteiger partial charge in [0.1, 0.15) is 19.3 Å². The van der Waals surface area contributed by atoms with Crippen LogP contribution in [0.3, 0.4) is 0 Å². The number of phosphoric ester groups is 1. The smallest absolute Gasteiger partial charge is 0.306 e. The molecule has 0 aliphatic carbocycles. The fourth-order valence-electron chi connectivity index (χ4n) is 6.94. The molecule has 9 heteroatoms. The molecule has 0 aromatic carbocycles. The highest BCUT2D eigenvalue weighted by Crippen LogP contribution is 2.38. The molecule has 0 radical (unpaired) electrons. The first-order valence-corrected chi connectivity index (χ1v) is 27.0. The van der Waals surface area contributed by atoms with Gasteiger partial charge in [-0.25, -0.2) is 0 Å². The first-order valence-electron chi connectivity index (χ1n) is 25.5. The van der Waals surface area contributed by atoms with Crippen LogP contribution in [-0.4, -0.2) is 70.7 Å². The largest absolute Gasteiger partial charge is 0.756 e. The topological polar surface area (TPSA) is 94.1 Å². The first-order chi connectivity index (χ1) is 30.1. The van der Waals surface area contributed by atoms with Crippen molar-refractivity contribution in [2.75, 3.05) is 54.1 Å². The van der Waals surface area contributed by atoms with Gasteiger partial charge in [0, 0.05) is 13.0 Å². The number of hydrogen-bond acceptors (Lipinski definition) is 7. The van der Waals surface area contributed by atoms with Gasteiger partial charge in [0.25, 0.3) is 7.82 Å². The maximum absolute atomic E-state index is 12.7. The van der Waals surface area contributed by atoms with Crippen LogP contribution in [0.2, 0.25) is 0 Å². The van der Waals surface area contributed by atoms with Gasteiger partial charge in [-0.05, 0) is 51.4 Å². The van der Waals surface area contributed by atoms with Gasteiger partial charge in [-0.1, -0.05) is 216 Å². The van der Waals surface area contributed by atoms with E-state index in [0.29, 0.717) is 24.1 Å². The predicted molar refractivity (Wildman–Crippen MR) is 263 cm³/mol. The number of phosphoric acid groups is 1. The number of hydrogen-bond donors (Lipinski definition) is 0. The number of ether oxygens (including phenoxy) is 2. The van der Waals surface area contributed by atoms with E-state index in [4.69, 9.17) is 18.5 Å². The van der Waals surface area contributed by atoms with Gasteiger partial charge in [-0.15, -0.1) is 0 Å². The van der Waals surface area contributed by atoms with Crippen LogP contribution >= 0.6 is 7.82 Å². The Morgan fingerprint density at radius 1 is 0.516 bits per heavy atom. The van der Waals surface area contributed by atoms with Gasteiger partial charge in [-0.2, -0.15) is 0 Å². The molecule has 0 saturated heterocycles. The molecule has 2 atom stereocenters. The zero-order valence-corrected chi connectivity index (χ0v) is 42.0. The normalized spacial score (nSPS) is 14.1. The molecule has 0 spiro atoms. The van der Waals surface area contributed by atoms with E-state index in [1.165, 1.54) is 135 Å². The molecule has 0 amide bonds. The highest BCUT2D eigenvalue weighted by molar-refractivity contribution is 7.45. The van der Waals surface area contributed by atoms with Crippen molar-refractivity contribution in [3.05, 3.63) is 60.8 Å². The molecule has 0 aromatic heterocycles. The van der Waals surface area contributed by atoms with Crippen molar-refractivity contribution < 1.29 is 37.3 Å². The molecule has 0 aliphatic heterocycles. The number of carbonyl (C=O) groups is 1. The van der Waals surface area contributed by atoms with Crippen LogP contribution in [-0.2, 0) is 27.9 Å². The highest BCUT2D eigenvalue weighted by Gasteiger charge is 2.20. The quantitative estimate of drug-likeness (QED) is 0.0197. The number of likely N-dealkylation sites (N-methyl/N-ethyl adjacent to an activating group) is 1. The average molecular weight is 892 g/mol. The lowest BCUT2D eigenvalue weighted by atomic mass is 10.0. The summed E-state index contributed by atoms with van der Waals surface area (Å²) >= 11 is 0. The minimum atomic E-state index is -4.55. The van der Waals surface area contributed by atoms with E-state index in [-0.39, 0.29) is 32.2 Å². The van der Waals surface area contributed by atoms with Gasteiger partial charge in [0.2, 0.25) is 0 Å². The van der Waals surface area contributed by atoms with Gasteiger partial charge >= 0.3 is 5.97 Å². The van der Waals surface area contributed by atoms with Crippen LogP contribution in [0, 0.1) is 0 Å². The minimum absolute atomic E-state index is 0.0145. The summed E-state index contributed by atoms with van der Waals surface area (Å²) in [6.07, 6.45) is 58.4. The number of unbranched alkanes of at least 4 members (excludes halogenated alkanes) is 23. The number of allylic oxidation sites excluding steroid dienone is 10. The summed E-state index contributed by atoms with van der Waals surface area (Å²) in [5, 5.41) is 0. The Morgan fingerprint density at radius 2 is 0.919 bits per heavy atom. The molecule has 0 rings (SSSR count). The Hall–Kier alpha value is -1.80. The van der Waals surface area contributed by atoms with Crippen molar-refractivity contribution >= 4 is 13.8 Å². The van der Waals surface area contributed by atoms with Crippen LogP contribution in [0.5, 0.6) is 0 Å². The molecule has 0 fully saturated rings. The monoisotopic (exact) mass is 892 g/mol. The highest BCUT2D eigenvalue weighted by atomic mass is 31.2. The Bertz CT molecular complexity index is 1170. The molecule has 62 heavy (non-hydrogen) atoms. The van der Waals surface area contributed by atoms with E-state index in [2.05, 4.69) is 74.6 Å². The van der Waals surface area contributed by atoms with E-state index >= 15 is 0 Å². The Labute approximate surface area is 383 Å². The second-order valence-corrected chi connectivity index (χ2v) is 19.6. The predicted octanol–water partition coefficient (Wildman–Crippen LogP) is 15.0. The van der Waals surface area contributed by atoms with Crippen molar-refractivity contribution in [1.82, 2.24) is 0 Å². The Balaban J connectivity index is 4.17. The fourth-order valence-corrected chi connectivity index (χ4v) is 7.67. The molecule has 0 saturated carbocycles. The molecule has 0 heterocycles. The lowest BCUT2D eigenvalue weighted by molar-refractivity contribution is -0.870. The lowest BCUT2D eigenvalue weighted by Crippen LogP contribution is -2.37. The van der Waals surface area contributed by atoms with E-state index in [1.54, 1.807) is 0 Å². The second-order valence-electron chi connectivity index (χ2n) is 18.2. The summed E-state index contributed by atoms with van der Waals surface area (Å²) in [6.45, 7) is 5.24. The van der Waals surface area contributed by atoms with E-state index < -0.39 is 13.9 Å². The van der Waals surface area contributed by atoms with Crippen molar-refractivity contribution in [3.63, 3.8) is 0 Å². The summed E-state index contributed by atoms with van der Waals surface area (Å²) < 4.78 is 34.7. The maximum Gasteiger partial charge on any atom is 0.306 e. The van der Waals surface area contributed by atoms with Crippen LogP contribution in [0.4, 0.5) is 0 Å². The number of nitrogens with zero attached hydrogens (tertiary/aromatic N) is 1.